The zero-order valence-electron chi connectivity index (χ0n) is 13.0. The molecular formula is C17H18N4OS. The van der Waals surface area contributed by atoms with Crippen LogP contribution in [0.4, 0.5) is 10.8 Å². The summed E-state index contributed by atoms with van der Waals surface area (Å²) in [4.78, 5) is 16.6. The molecule has 0 unspecified atom stereocenters. The fraction of sp³-hybridized carbons (Fsp3) is 0.176. The molecule has 0 fully saturated rings. The van der Waals surface area contributed by atoms with E-state index in [0.29, 0.717) is 16.6 Å². The Hall–Kier alpha value is -2.44. The summed E-state index contributed by atoms with van der Waals surface area (Å²) in [5.41, 5.74) is 5.98. The number of fused-ring (bicyclic) bond motifs is 1. The van der Waals surface area contributed by atoms with Gasteiger partial charge in [0.15, 0.2) is 5.13 Å². The summed E-state index contributed by atoms with van der Waals surface area (Å²) in [6.07, 6.45) is 0. The molecule has 0 bridgehead atoms. The Balaban J connectivity index is 1.79. The van der Waals surface area contributed by atoms with E-state index in [1.807, 2.05) is 42.5 Å². The van der Waals surface area contributed by atoms with Crippen LogP contribution in [0, 0.1) is 0 Å². The van der Waals surface area contributed by atoms with Crippen molar-refractivity contribution in [3.63, 3.8) is 0 Å². The number of nitrogens with zero attached hydrogens (tertiary/aromatic N) is 1. The minimum absolute atomic E-state index is 0.124. The Morgan fingerprint density at radius 2 is 1.91 bits per heavy atom. The summed E-state index contributed by atoms with van der Waals surface area (Å²) < 4.78 is 0.964. The van der Waals surface area contributed by atoms with Crippen LogP contribution in [-0.4, -0.2) is 10.9 Å². The highest BCUT2D eigenvalue weighted by atomic mass is 32.1. The molecule has 0 saturated heterocycles. The zero-order chi connectivity index (χ0) is 16.4. The number of nitrogen functional groups attached to an aromatic ring is 1. The first-order valence-electron chi connectivity index (χ1n) is 7.35. The Morgan fingerprint density at radius 1 is 1.17 bits per heavy atom. The van der Waals surface area contributed by atoms with Gasteiger partial charge in [0.05, 0.1) is 10.2 Å². The number of carbonyl (C=O) groups excluding carboxylic acids is 1. The van der Waals surface area contributed by atoms with Crippen molar-refractivity contribution in [2.45, 2.75) is 19.8 Å². The third-order valence-corrected chi connectivity index (χ3v) is 4.56. The van der Waals surface area contributed by atoms with Gasteiger partial charge in [-0.1, -0.05) is 37.3 Å². The van der Waals surface area contributed by atoms with E-state index < -0.39 is 0 Å². The largest absolute Gasteiger partial charge is 0.322 e. The van der Waals surface area contributed by atoms with Gasteiger partial charge in [-0.05, 0) is 41.8 Å². The van der Waals surface area contributed by atoms with Crippen molar-refractivity contribution >= 4 is 38.3 Å². The van der Waals surface area contributed by atoms with Crippen molar-refractivity contribution in [2.24, 2.45) is 5.84 Å². The Kier molecular flexibility index (Phi) is 4.27. The summed E-state index contributed by atoms with van der Waals surface area (Å²) >= 11 is 1.44. The molecule has 23 heavy (non-hydrogen) atoms. The number of nitrogens with two attached hydrogens (primary N) is 1. The first-order chi connectivity index (χ1) is 11.1. The zero-order valence-corrected chi connectivity index (χ0v) is 13.8. The smallest absolute Gasteiger partial charge is 0.255 e. The molecule has 1 amide bonds. The SMILES string of the molecule is CC(C)c1ccc(C(=O)Nc2ccc3nc(NN)sc3c2)cc1. The van der Waals surface area contributed by atoms with Gasteiger partial charge in [-0.2, -0.15) is 0 Å². The monoisotopic (exact) mass is 326 g/mol. The van der Waals surface area contributed by atoms with Crippen LogP contribution in [-0.2, 0) is 0 Å². The molecule has 0 radical (unpaired) electrons. The summed E-state index contributed by atoms with van der Waals surface area (Å²) in [6.45, 7) is 4.26. The molecule has 0 aliphatic rings. The maximum atomic E-state index is 12.3. The summed E-state index contributed by atoms with van der Waals surface area (Å²) in [6, 6.07) is 13.3. The van der Waals surface area contributed by atoms with E-state index >= 15 is 0 Å². The fourth-order valence-corrected chi connectivity index (χ4v) is 3.10. The third kappa shape index (κ3) is 3.33. The highest BCUT2D eigenvalue weighted by molar-refractivity contribution is 7.22. The fourth-order valence-electron chi connectivity index (χ4n) is 2.29. The van der Waals surface area contributed by atoms with E-state index in [1.165, 1.54) is 16.9 Å². The van der Waals surface area contributed by atoms with Crippen LogP contribution in [0.25, 0.3) is 10.2 Å². The van der Waals surface area contributed by atoms with Gasteiger partial charge in [0, 0.05) is 11.3 Å². The molecule has 0 aliphatic carbocycles. The average Bonchev–Trinajstić information content (AvgIpc) is 2.97. The Bertz CT molecular complexity index is 839. The second kappa shape index (κ2) is 6.36. The number of hydrogen-bond acceptors (Lipinski definition) is 5. The van der Waals surface area contributed by atoms with Gasteiger partial charge in [0.1, 0.15) is 0 Å². The summed E-state index contributed by atoms with van der Waals surface area (Å²) in [5, 5.41) is 3.56. The molecule has 1 aromatic heterocycles. The maximum absolute atomic E-state index is 12.3. The summed E-state index contributed by atoms with van der Waals surface area (Å²) in [5.74, 6) is 5.70. The molecule has 0 aliphatic heterocycles. The molecule has 5 nitrogen and oxygen atoms in total. The van der Waals surface area contributed by atoms with Crippen LogP contribution >= 0.6 is 11.3 Å². The van der Waals surface area contributed by atoms with Gasteiger partial charge >= 0.3 is 0 Å². The number of anilines is 2. The van der Waals surface area contributed by atoms with Gasteiger partial charge in [-0.3, -0.25) is 10.2 Å². The van der Waals surface area contributed by atoms with Crippen molar-refractivity contribution in [1.29, 1.82) is 0 Å². The van der Waals surface area contributed by atoms with E-state index in [0.717, 1.165) is 15.9 Å². The van der Waals surface area contributed by atoms with Crippen molar-refractivity contribution < 1.29 is 4.79 Å². The molecule has 118 valence electrons. The number of rotatable bonds is 4. The number of hydrogen-bond donors (Lipinski definition) is 3. The van der Waals surface area contributed by atoms with Gasteiger partial charge in [0.2, 0.25) is 0 Å². The van der Waals surface area contributed by atoms with Gasteiger partial charge in [-0.25, -0.2) is 10.8 Å². The number of nitrogens with one attached hydrogen (secondary N) is 2. The number of hydrazine groups is 1. The minimum Gasteiger partial charge on any atom is -0.322 e. The molecule has 6 heteroatoms. The van der Waals surface area contributed by atoms with E-state index in [1.54, 1.807) is 0 Å². The standard InChI is InChI=1S/C17H18N4OS/c1-10(2)11-3-5-12(6-4-11)16(22)19-13-7-8-14-15(9-13)23-17(20-14)21-18/h3-10H,18H2,1-2H3,(H,19,22)(H,20,21). The van der Waals surface area contributed by atoms with Crippen molar-refractivity contribution in [2.75, 3.05) is 10.7 Å². The van der Waals surface area contributed by atoms with Crippen molar-refractivity contribution in [3.8, 4) is 0 Å². The molecule has 3 aromatic rings. The maximum Gasteiger partial charge on any atom is 0.255 e. The van der Waals surface area contributed by atoms with Gasteiger partial charge in [-0.15, -0.1) is 0 Å². The lowest BCUT2D eigenvalue weighted by Gasteiger charge is -2.08. The van der Waals surface area contributed by atoms with E-state index in [2.05, 4.69) is 29.6 Å². The minimum atomic E-state index is -0.124. The Labute approximate surface area is 138 Å². The topological polar surface area (TPSA) is 80.0 Å². The number of aromatic nitrogens is 1. The molecule has 0 saturated carbocycles. The van der Waals surface area contributed by atoms with Gasteiger partial charge < -0.3 is 5.32 Å². The first kappa shape index (κ1) is 15.5. The molecule has 1 heterocycles. The molecule has 3 rings (SSSR count). The van der Waals surface area contributed by atoms with E-state index in [9.17, 15) is 4.79 Å². The van der Waals surface area contributed by atoms with E-state index in [4.69, 9.17) is 5.84 Å². The van der Waals surface area contributed by atoms with Crippen LogP contribution in [0.2, 0.25) is 0 Å². The number of carbonyl (C=O) groups is 1. The van der Waals surface area contributed by atoms with E-state index in [-0.39, 0.29) is 5.91 Å². The van der Waals surface area contributed by atoms with Crippen molar-refractivity contribution in [3.05, 3.63) is 53.6 Å². The lowest BCUT2D eigenvalue weighted by molar-refractivity contribution is 0.102. The molecule has 4 N–H and O–H groups in total. The number of amides is 1. The molecular weight excluding hydrogens is 308 g/mol. The van der Waals surface area contributed by atoms with Gasteiger partial charge in [0.25, 0.3) is 5.91 Å². The molecule has 0 spiro atoms. The second-order valence-corrected chi connectivity index (χ2v) is 6.61. The highest BCUT2D eigenvalue weighted by Crippen LogP contribution is 2.28. The highest BCUT2D eigenvalue weighted by Gasteiger charge is 2.09. The predicted octanol–water partition coefficient (Wildman–Crippen LogP) is 3.96. The molecule has 2 aromatic carbocycles. The van der Waals surface area contributed by atoms with Crippen LogP contribution in [0.5, 0.6) is 0 Å². The summed E-state index contributed by atoms with van der Waals surface area (Å²) in [7, 11) is 0. The van der Waals surface area contributed by atoms with Crippen LogP contribution in [0.3, 0.4) is 0 Å². The van der Waals surface area contributed by atoms with Crippen LogP contribution < -0.4 is 16.6 Å². The van der Waals surface area contributed by atoms with Crippen LogP contribution in [0.15, 0.2) is 42.5 Å². The quantitative estimate of drug-likeness (QED) is 0.501. The number of benzene rings is 2. The Morgan fingerprint density at radius 3 is 2.57 bits per heavy atom. The molecule has 0 atom stereocenters. The third-order valence-electron chi connectivity index (χ3n) is 3.61. The lowest BCUT2D eigenvalue weighted by Crippen LogP contribution is -2.11. The normalized spacial score (nSPS) is 11.0. The average molecular weight is 326 g/mol. The lowest BCUT2D eigenvalue weighted by atomic mass is 10.0. The predicted molar refractivity (Wildman–Crippen MR) is 95.9 cm³/mol. The van der Waals surface area contributed by atoms with Crippen LogP contribution in [0.1, 0.15) is 35.7 Å². The second-order valence-electron chi connectivity index (χ2n) is 5.58. The first-order valence-corrected chi connectivity index (χ1v) is 8.17. The number of thiazole rings is 1. The van der Waals surface area contributed by atoms with Crippen molar-refractivity contribution in [1.82, 2.24) is 4.98 Å².